The molecule has 1 aromatic carbocycles. The first-order valence-electron chi connectivity index (χ1n) is 7.21. The van der Waals surface area contributed by atoms with Crippen molar-refractivity contribution in [2.45, 2.75) is 20.0 Å². The van der Waals surface area contributed by atoms with Crippen LogP contribution in [0.15, 0.2) is 55.4 Å². The van der Waals surface area contributed by atoms with E-state index in [1.807, 2.05) is 38.1 Å². The molecule has 23 heavy (non-hydrogen) atoms. The van der Waals surface area contributed by atoms with Crippen LogP contribution in [0, 0.1) is 6.92 Å². The van der Waals surface area contributed by atoms with Crippen molar-refractivity contribution < 1.29 is 9.53 Å². The Morgan fingerprint density at radius 1 is 1.17 bits per heavy atom. The maximum atomic E-state index is 12.1. The number of pyridine rings is 1. The molecule has 1 atom stereocenters. The lowest BCUT2D eigenvalue weighted by atomic mass is 10.1. The summed E-state index contributed by atoms with van der Waals surface area (Å²) in [5.41, 5.74) is 3.18. The molecule has 116 valence electrons. The Bertz CT molecular complexity index is 798. The number of aromatic nitrogens is 4. The van der Waals surface area contributed by atoms with Gasteiger partial charge in [-0.05, 0) is 43.2 Å². The predicted octanol–water partition coefficient (Wildman–Crippen LogP) is 2.89. The highest BCUT2D eigenvalue weighted by molar-refractivity contribution is 5.89. The van der Waals surface area contributed by atoms with Gasteiger partial charge in [0.15, 0.2) is 0 Å². The van der Waals surface area contributed by atoms with Crippen molar-refractivity contribution in [3.8, 4) is 5.69 Å². The summed E-state index contributed by atoms with van der Waals surface area (Å²) >= 11 is 0. The normalized spacial score (nSPS) is 11.9. The topological polar surface area (TPSA) is 69.9 Å². The molecule has 6 nitrogen and oxygen atoms in total. The second-order valence-electron chi connectivity index (χ2n) is 5.23. The number of ether oxygens (including phenoxy) is 1. The van der Waals surface area contributed by atoms with Crippen molar-refractivity contribution >= 4 is 5.97 Å². The Balaban J connectivity index is 1.70. The molecule has 0 aliphatic heterocycles. The highest BCUT2D eigenvalue weighted by atomic mass is 16.5. The number of nitrogens with zero attached hydrogens (tertiary/aromatic N) is 4. The van der Waals surface area contributed by atoms with Gasteiger partial charge in [0, 0.05) is 12.4 Å². The van der Waals surface area contributed by atoms with Crippen molar-refractivity contribution in [1.29, 1.82) is 0 Å². The van der Waals surface area contributed by atoms with Gasteiger partial charge in [0.25, 0.3) is 0 Å². The first kappa shape index (κ1) is 14.9. The third kappa shape index (κ3) is 3.42. The highest BCUT2D eigenvalue weighted by Gasteiger charge is 2.14. The van der Waals surface area contributed by atoms with E-state index in [1.54, 1.807) is 23.3 Å². The van der Waals surface area contributed by atoms with Gasteiger partial charge in [-0.1, -0.05) is 12.1 Å². The minimum Gasteiger partial charge on any atom is -0.454 e. The first-order chi connectivity index (χ1) is 11.1. The van der Waals surface area contributed by atoms with E-state index in [4.69, 9.17) is 4.74 Å². The molecule has 0 bridgehead atoms. The minimum atomic E-state index is -0.381. The predicted molar refractivity (Wildman–Crippen MR) is 84.2 cm³/mol. The van der Waals surface area contributed by atoms with E-state index >= 15 is 0 Å². The van der Waals surface area contributed by atoms with Crippen LogP contribution in [0.2, 0.25) is 0 Å². The molecule has 0 saturated heterocycles. The monoisotopic (exact) mass is 308 g/mol. The highest BCUT2D eigenvalue weighted by Crippen LogP contribution is 2.20. The van der Waals surface area contributed by atoms with Crippen LogP contribution in [0.5, 0.6) is 0 Å². The molecule has 0 N–H and O–H groups in total. The summed E-state index contributed by atoms with van der Waals surface area (Å²) < 4.78 is 7.16. The lowest BCUT2D eigenvalue weighted by Crippen LogP contribution is -2.10. The molecular weight excluding hydrogens is 292 g/mol. The van der Waals surface area contributed by atoms with Gasteiger partial charge in [-0.3, -0.25) is 4.98 Å². The summed E-state index contributed by atoms with van der Waals surface area (Å²) in [4.78, 5) is 20.1. The molecule has 0 spiro atoms. The average molecular weight is 308 g/mol. The Morgan fingerprint density at radius 3 is 2.61 bits per heavy atom. The zero-order chi connectivity index (χ0) is 16.2. The summed E-state index contributed by atoms with van der Waals surface area (Å²) in [5.74, 6) is -0.381. The quantitative estimate of drug-likeness (QED) is 0.693. The molecule has 0 unspecified atom stereocenters. The number of hydrogen-bond acceptors (Lipinski definition) is 5. The van der Waals surface area contributed by atoms with Gasteiger partial charge in [0.05, 0.1) is 11.3 Å². The third-order valence-corrected chi connectivity index (χ3v) is 3.44. The van der Waals surface area contributed by atoms with Crippen molar-refractivity contribution in [3.63, 3.8) is 0 Å². The molecule has 0 radical (unpaired) electrons. The van der Waals surface area contributed by atoms with Gasteiger partial charge in [0.1, 0.15) is 18.8 Å². The number of benzene rings is 1. The van der Waals surface area contributed by atoms with Crippen molar-refractivity contribution in [3.05, 3.63) is 72.1 Å². The van der Waals surface area contributed by atoms with Crippen LogP contribution in [0.3, 0.4) is 0 Å². The van der Waals surface area contributed by atoms with Gasteiger partial charge < -0.3 is 4.74 Å². The van der Waals surface area contributed by atoms with E-state index in [2.05, 4.69) is 15.1 Å². The van der Waals surface area contributed by atoms with Gasteiger partial charge in [0.2, 0.25) is 0 Å². The number of carbonyl (C=O) groups excluding carboxylic acids is 1. The van der Waals surface area contributed by atoms with E-state index in [1.165, 1.54) is 12.5 Å². The summed E-state index contributed by atoms with van der Waals surface area (Å²) in [5, 5.41) is 4.07. The number of esters is 1. The average Bonchev–Trinajstić information content (AvgIpc) is 3.09. The van der Waals surface area contributed by atoms with E-state index in [0.29, 0.717) is 5.56 Å². The first-order valence-corrected chi connectivity index (χ1v) is 7.21. The molecule has 0 aliphatic carbocycles. The maximum absolute atomic E-state index is 12.1. The van der Waals surface area contributed by atoms with Crippen LogP contribution in [0.25, 0.3) is 5.69 Å². The summed E-state index contributed by atoms with van der Waals surface area (Å²) in [7, 11) is 0. The van der Waals surface area contributed by atoms with Gasteiger partial charge in [-0.15, -0.1) is 0 Å². The third-order valence-electron chi connectivity index (χ3n) is 3.44. The summed E-state index contributed by atoms with van der Waals surface area (Å²) in [6, 6.07) is 9.38. The van der Waals surface area contributed by atoms with E-state index in [-0.39, 0.29) is 12.1 Å². The maximum Gasteiger partial charge on any atom is 0.340 e. The fourth-order valence-corrected chi connectivity index (χ4v) is 2.20. The van der Waals surface area contributed by atoms with Crippen LogP contribution in [-0.4, -0.2) is 25.7 Å². The fraction of sp³-hybridized carbons (Fsp3) is 0.176. The zero-order valence-electron chi connectivity index (χ0n) is 12.9. The van der Waals surface area contributed by atoms with E-state index in [0.717, 1.165) is 16.8 Å². The van der Waals surface area contributed by atoms with Gasteiger partial charge in [-0.2, -0.15) is 5.10 Å². The smallest absolute Gasteiger partial charge is 0.340 e. The Labute approximate surface area is 133 Å². The molecular formula is C17H16N4O2. The van der Waals surface area contributed by atoms with Crippen molar-refractivity contribution in [2.75, 3.05) is 0 Å². The van der Waals surface area contributed by atoms with Gasteiger partial charge >= 0.3 is 5.97 Å². The molecule has 0 amide bonds. The van der Waals surface area contributed by atoms with Crippen molar-refractivity contribution in [2.24, 2.45) is 0 Å². The molecule has 2 aromatic heterocycles. The summed E-state index contributed by atoms with van der Waals surface area (Å²) in [6.45, 7) is 3.72. The van der Waals surface area contributed by atoms with Crippen LogP contribution >= 0.6 is 0 Å². The SMILES string of the molecule is Cc1cncc(C(=O)O[C@@H](C)c2ccc(-n3cncn3)cc2)c1. The molecule has 0 saturated carbocycles. The Morgan fingerprint density at radius 2 is 1.96 bits per heavy atom. The molecule has 6 heteroatoms. The molecule has 0 aliphatic rings. The van der Waals surface area contributed by atoms with Crippen LogP contribution in [-0.2, 0) is 4.74 Å². The zero-order valence-corrected chi connectivity index (χ0v) is 12.9. The van der Waals surface area contributed by atoms with Crippen LogP contribution < -0.4 is 0 Å². The largest absolute Gasteiger partial charge is 0.454 e. The van der Waals surface area contributed by atoms with E-state index in [9.17, 15) is 4.79 Å². The second kappa shape index (κ2) is 6.39. The summed E-state index contributed by atoms with van der Waals surface area (Å²) in [6.07, 6.45) is 5.96. The number of carbonyl (C=O) groups is 1. The number of hydrogen-bond donors (Lipinski definition) is 0. The molecule has 2 heterocycles. The van der Waals surface area contributed by atoms with Gasteiger partial charge in [-0.25, -0.2) is 14.5 Å². The molecule has 3 aromatic rings. The standard InChI is InChI=1S/C17H16N4O2/c1-12-7-15(9-18-8-12)17(22)23-13(2)14-3-5-16(6-4-14)21-11-19-10-20-21/h3-11,13H,1-2H3/t13-/m0/s1. The molecule has 3 rings (SSSR count). The van der Waals surface area contributed by atoms with E-state index < -0.39 is 0 Å². The fourth-order valence-electron chi connectivity index (χ4n) is 2.20. The van der Waals surface area contributed by atoms with Crippen LogP contribution in [0.4, 0.5) is 0 Å². The Hall–Kier alpha value is -3.02. The minimum absolute atomic E-state index is 0.354. The number of rotatable bonds is 4. The van der Waals surface area contributed by atoms with Crippen molar-refractivity contribution in [1.82, 2.24) is 19.7 Å². The Kier molecular flexibility index (Phi) is 4.14. The van der Waals surface area contributed by atoms with Crippen LogP contribution in [0.1, 0.15) is 34.5 Å². The lowest BCUT2D eigenvalue weighted by molar-refractivity contribution is 0.0337. The molecule has 0 fully saturated rings. The lowest BCUT2D eigenvalue weighted by Gasteiger charge is -2.14. The number of aryl methyl sites for hydroxylation is 1. The second-order valence-corrected chi connectivity index (χ2v) is 5.23.